The minimum absolute atomic E-state index is 0.0405. The molecule has 5 heterocycles. The normalized spacial score (nSPS) is 22.4. The number of rotatable bonds is 31. The van der Waals surface area contributed by atoms with Crippen molar-refractivity contribution >= 4 is 76.9 Å². The number of carbonyl (C=O) groups is 13. The van der Waals surface area contributed by atoms with E-state index in [1.54, 1.807) is 83.7 Å². The van der Waals surface area contributed by atoms with Crippen LogP contribution >= 0.6 is 0 Å². The molecule has 0 unspecified atom stereocenters. The fourth-order valence-electron chi connectivity index (χ4n) is 13.3. The number of carboxylic acid groups (broad SMARTS) is 1. The van der Waals surface area contributed by atoms with Crippen LogP contribution in [-0.4, -0.2) is 225 Å². The summed E-state index contributed by atoms with van der Waals surface area (Å²) in [6.07, 6.45) is 3.87. The lowest BCUT2D eigenvalue weighted by molar-refractivity contribution is -0.147. The molecule has 11 N–H and O–H groups in total. The van der Waals surface area contributed by atoms with E-state index >= 15 is 0 Å². The first kappa shape index (κ1) is 76.3. The number of carboxylic acids is 1. The minimum Gasteiger partial charge on any atom is -0.480 e. The van der Waals surface area contributed by atoms with Gasteiger partial charge < -0.3 is 77.7 Å². The lowest BCUT2D eigenvalue weighted by Crippen LogP contribution is -2.63. The summed E-state index contributed by atoms with van der Waals surface area (Å²) in [5.41, 5.74) is 0.618. The summed E-state index contributed by atoms with van der Waals surface area (Å²) in [5.74, 6) is -10.8. The summed E-state index contributed by atoms with van der Waals surface area (Å²) in [6, 6.07) is -4.39. The van der Waals surface area contributed by atoms with Crippen molar-refractivity contribution in [3.05, 3.63) is 35.9 Å². The highest BCUT2D eigenvalue weighted by atomic mass is 16.4. The number of carbonyl (C=O) groups excluding carboxylic acids is 12. The van der Waals surface area contributed by atoms with Gasteiger partial charge in [0.1, 0.15) is 66.5 Å². The number of likely N-dealkylation sites (tertiary alicyclic amines) is 4. The van der Waals surface area contributed by atoms with Gasteiger partial charge in [-0.3, -0.25) is 57.5 Å². The van der Waals surface area contributed by atoms with Gasteiger partial charge in [-0.15, -0.1) is 0 Å². The number of aliphatic hydroxyl groups excluding tert-OH is 1. The van der Waals surface area contributed by atoms with E-state index in [9.17, 15) is 72.5 Å². The molecule has 95 heavy (non-hydrogen) atoms. The van der Waals surface area contributed by atoms with Crippen LogP contribution in [0.25, 0.3) is 0 Å². The monoisotopic (exact) mass is 1330 g/mol. The van der Waals surface area contributed by atoms with E-state index < -0.39 is 168 Å². The van der Waals surface area contributed by atoms with Crippen molar-refractivity contribution in [1.29, 1.82) is 0 Å². The molecule has 5 saturated heterocycles. The van der Waals surface area contributed by atoms with Crippen molar-refractivity contribution < 1.29 is 72.5 Å². The maximum Gasteiger partial charge on any atom is 0.326 e. The molecule has 528 valence electrons. The summed E-state index contributed by atoms with van der Waals surface area (Å²) < 4.78 is 0. The Kier molecular flexibility index (Phi) is 28.3. The topological polar surface area (TPSA) is 384 Å². The molecule has 14 atom stereocenters. The van der Waals surface area contributed by atoms with Crippen molar-refractivity contribution in [3.8, 4) is 0 Å². The zero-order valence-corrected chi connectivity index (χ0v) is 57.2. The number of nitrogens with zero attached hydrogens (tertiary/aromatic N) is 4. The van der Waals surface area contributed by atoms with Crippen molar-refractivity contribution in [3.63, 3.8) is 0 Å². The molecular weight excluding hydrogens is 1230 g/mol. The Bertz CT molecular complexity index is 2900. The van der Waals surface area contributed by atoms with Gasteiger partial charge in [0.05, 0.1) is 18.7 Å². The van der Waals surface area contributed by atoms with E-state index in [0.29, 0.717) is 70.0 Å². The summed E-state index contributed by atoms with van der Waals surface area (Å²) in [5, 5.41) is 45.7. The Labute approximate surface area is 557 Å². The van der Waals surface area contributed by atoms with Crippen LogP contribution in [0.3, 0.4) is 0 Å². The fourth-order valence-corrected chi connectivity index (χ4v) is 13.3. The Morgan fingerprint density at radius 1 is 0.495 bits per heavy atom. The van der Waals surface area contributed by atoms with E-state index in [1.807, 2.05) is 20.8 Å². The lowest BCUT2D eigenvalue weighted by Gasteiger charge is -2.33. The zero-order chi connectivity index (χ0) is 70.1. The third kappa shape index (κ3) is 20.2. The van der Waals surface area contributed by atoms with Crippen LogP contribution < -0.4 is 47.9 Å². The molecule has 1 aromatic rings. The Balaban J connectivity index is 1.08. The SMILES string of the molecule is CC[C@H](C)[C@H](NC(=O)[C@@H]1CCCN1C(=O)CNC(=O)[C@@H]1CCCN1C(=O)[C@H](Cc1ccccc1)NC(=O)[C@@H](NC(=O)[C@@H](NC(=O)[C@@H](NC(=O)[C@@H](NC(=O)[C@@H]1CCCN1C(=O)[C@@H]1CCCN1C(=O)[C@@H]1CCCN1)C(C)C)C(C)C)C(C)C)[C@@H](C)O)C(=O)N[C@@H](CC(C)C)C(=O)O. The van der Waals surface area contributed by atoms with Crippen molar-refractivity contribution in [2.75, 3.05) is 39.3 Å². The van der Waals surface area contributed by atoms with Gasteiger partial charge in [-0.05, 0) is 119 Å². The molecular formula is C67H105N13O15. The molecule has 0 aliphatic carbocycles. The summed E-state index contributed by atoms with van der Waals surface area (Å²) >= 11 is 0. The molecule has 0 radical (unpaired) electrons. The molecule has 1 aromatic carbocycles. The highest BCUT2D eigenvalue weighted by Gasteiger charge is 2.46. The van der Waals surface area contributed by atoms with Gasteiger partial charge in [0.2, 0.25) is 70.9 Å². The van der Waals surface area contributed by atoms with Gasteiger partial charge in [0.25, 0.3) is 0 Å². The van der Waals surface area contributed by atoms with Gasteiger partial charge in [0.15, 0.2) is 0 Å². The van der Waals surface area contributed by atoms with Gasteiger partial charge in [0, 0.05) is 32.6 Å². The smallest absolute Gasteiger partial charge is 0.326 e. The van der Waals surface area contributed by atoms with Crippen molar-refractivity contribution in [2.24, 2.45) is 29.6 Å². The predicted molar refractivity (Wildman–Crippen MR) is 349 cm³/mol. The third-order valence-corrected chi connectivity index (χ3v) is 19.0. The Morgan fingerprint density at radius 2 is 0.937 bits per heavy atom. The van der Waals surface area contributed by atoms with Crippen LogP contribution in [0.2, 0.25) is 0 Å². The largest absolute Gasteiger partial charge is 0.480 e. The number of aliphatic hydroxyl groups is 1. The molecule has 6 rings (SSSR count). The summed E-state index contributed by atoms with van der Waals surface area (Å²) in [4.78, 5) is 187. The first-order valence-electron chi connectivity index (χ1n) is 34.2. The number of hydrogen-bond acceptors (Lipinski definition) is 15. The Hall–Kier alpha value is -7.75. The van der Waals surface area contributed by atoms with Gasteiger partial charge in [-0.2, -0.15) is 0 Å². The second-order valence-electron chi connectivity index (χ2n) is 27.8. The van der Waals surface area contributed by atoms with Crippen LogP contribution in [0.4, 0.5) is 0 Å². The minimum atomic E-state index is -1.69. The molecule has 0 aromatic heterocycles. The van der Waals surface area contributed by atoms with Crippen LogP contribution in [0, 0.1) is 29.6 Å². The van der Waals surface area contributed by atoms with E-state index in [-0.39, 0.29) is 62.5 Å². The maximum absolute atomic E-state index is 14.8. The predicted octanol–water partition coefficient (Wildman–Crippen LogP) is -0.0195. The second-order valence-corrected chi connectivity index (χ2v) is 27.8. The van der Waals surface area contributed by atoms with Gasteiger partial charge in [-0.25, -0.2) is 4.79 Å². The molecule has 5 aliphatic heterocycles. The first-order chi connectivity index (χ1) is 44.9. The van der Waals surface area contributed by atoms with Crippen molar-refractivity contribution in [1.82, 2.24) is 67.5 Å². The first-order valence-corrected chi connectivity index (χ1v) is 34.2. The number of hydrogen-bond donors (Lipinski definition) is 11. The van der Waals surface area contributed by atoms with Crippen molar-refractivity contribution in [2.45, 2.75) is 238 Å². The average Bonchev–Trinajstić information content (AvgIpc) is 1.72. The van der Waals surface area contributed by atoms with Gasteiger partial charge in [-0.1, -0.05) is 106 Å². The molecule has 12 amide bonds. The van der Waals surface area contributed by atoms with E-state index in [0.717, 1.165) is 13.0 Å². The number of benzene rings is 1. The van der Waals surface area contributed by atoms with Crippen LogP contribution in [0.1, 0.15) is 159 Å². The zero-order valence-electron chi connectivity index (χ0n) is 57.2. The fraction of sp³-hybridized carbons (Fsp3) is 0.716. The quantitative estimate of drug-likeness (QED) is 0.0465. The lowest BCUT2D eigenvalue weighted by atomic mass is 9.96. The van der Waals surface area contributed by atoms with E-state index in [4.69, 9.17) is 0 Å². The molecule has 0 spiro atoms. The number of nitrogens with one attached hydrogen (secondary N) is 9. The summed E-state index contributed by atoms with van der Waals surface area (Å²) in [7, 11) is 0. The molecule has 28 heteroatoms. The molecule has 28 nitrogen and oxygen atoms in total. The van der Waals surface area contributed by atoms with E-state index in [1.165, 1.54) is 21.6 Å². The van der Waals surface area contributed by atoms with Gasteiger partial charge >= 0.3 is 5.97 Å². The van der Waals surface area contributed by atoms with Crippen LogP contribution in [-0.2, 0) is 68.7 Å². The summed E-state index contributed by atoms with van der Waals surface area (Å²) in [6.45, 7) is 19.8. The Morgan fingerprint density at radius 3 is 1.43 bits per heavy atom. The number of aliphatic carboxylic acids is 1. The number of amides is 12. The molecule has 0 bridgehead atoms. The molecule has 0 saturated carbocycles. The van der Waals surface area contributed by atoms with E-state index in [2.05, 4.69) is 47.9 Å². The van der Waals surface area contributed by atoms with Crippen LogP contribution in [0.5, 0.6) is 0 Å². The standard InChI is InChI=1S/C67H105N13O15/c1-12-40(10)54(62(89)71-45(67(94)95)33-36(2)3)75-57(84)47-25-17-29-77(47)50(82)35-69-56(83)46-24-18-30-78(46)65(92)44(34-42-21-14-13-15-22-42)70-63(90)55(41(11)81)76-61(88)53(39(8)9)74-60(87)52(38(6)7)73-59(86)51(37(4)5)72-58(85)48-26-19-31-79(48)66(93)49-27-20-32-80(49)64(91)43-23-16-28-68-43/h13-15,21-22,36-41,43-49,51-55,68,81H,12,16-20,23-35H2,1-11H3,(H,69,83)(H,70,90)(H,71,89)(H,72,85)(H,73,86)(H,74,87)(H,75,84)(H,76,88)(H,94,95)/t40-,41+,43-,44-,45-,46-,47-,48-,49-,51-,52-,53-,54-,55-/m0/s1. The highest BCUT2D eigenvalue weighted by molar-refractivity contribution is 6.00. The highest BCUT2D eigenvalue weighted by Crippen LogP contribution is 2.28. The second kappa shape index (κ2) is 35.3. The molecule has 5 fully saturated rings. The van der Waals surface area contributed by atoms with Crippen LogP contribution in [0.15, 0.2) is 30.3 Å². The average molecular weight is 1330 g/mol. The third-order valence-electron chi connectivity index (χ3n) is 19.0. The molecule has 5 aliphatic rings. The maximum atomic E-state index is 14.8.